The van der Waals surface area contributed by atoms with Gasteiger partial charge < -0.3 is 10.1 Å². The molecule has 2 heterocycles. The van der Waals surface area contributed by atoms with Crippen molar-refractivity contribution in [1.29, 1.82) is 0 Å². The van der Waals surface area contributed by atoms with Gasteiger partial charge in [0.15, 0.2) is 0 Å². The van der Waals surface area contributed by atoms with Gasteiger partial charge in [0.25, 0.3) is 5.91 Å². The van der Waals surface area contributed by atoms with Crippen molar-refractivity contribution in [1.82, 2.24) is 15.1 Å². The number of hydrogen-bond donors (Lipinski definition) is 1. The summed E-state index contributed by atoms with van der Waals surface area (Å²) in [7, 11) is 1.64. The number of benzene rings is 2. The topological polar surface area (TPSA) is 61.9 Å². The summed E-state index contributed by atoms with van der Waals surface area (Å²) in [5, 5.41) is 3.01. The van der Waals surface area contributed by atoms with Crippen LogP contribution in [-0.4, -0.2) is 59.2 Å². The molecule has 2 fully saturated rings. The average molecular weight is 514 g/mol. The fraction of sp³-hybridized carbons (Fsp3) is 0.346. The minimum atomic E-state index is -0.344. The molecule has 2 aliphatic heterocycles. The van der Waals surface area contributed by atoms with Crippen LogP contribution >= 0.6 is 24.0 Å². The molecule has 0 radical (unpaired) electrons. The van der Waals surface area contributed by atoms with Crippen LogP contribution in [-0.2, 0) is 9.59 Å². The van der Waals surface area contributed by atoms with Gasteiger partial charge in [-0.25, -0.2) is 4.39 Å². The van der Waals surface area contributed by atoms with E-state index >= 15 is 0 Å². The van der Waals surface area contributed by atoms with E-state index in [1.165, 1.54) is 23.5 Å². The molecule has 4 rings (SSSR count). The van der Waals surface area contributed by atoms with Gasteiger partial charge in [-0.15, -0.1) is 0 Å². The zero-order valence-corrected chi connectivity index (χ0v) is 21.2. The van der Waals surface area contributed by atoms with Crippen LogP contribution in [0.5, 0.6) is 5.75 Å². The zero-order chi connectivity index (χ0) is 24.8. The third kappa shape index (κ3) is 6.48. The van der Waals surface area contributed by atoms with E-state index in [1.54, 1.807) is 25.3 Å². The Labute approximate surface area is 214 Å². The Balaban J connectivity index is 1.39. The molecule has 6 nitrogen and oxygen atoms in total. The van der Waals surface area contributed by atoms with Crippen LogP contribution < -0.4 is 10.1 Å². The molecule has 0 aromatic heterocycles. The number of methoxy groups -OCH3 is 1. The van der Waals surface area contributed by atoms with Gasteiger partial charge in [0.05, 0.1) is 18.1 Å². The third-order valence-electron chi connectivity index (χ3n) is 6.17. The zero-order valence-electron chi connectivity index (χ0n) is 19.5. The second kappa shape index (κ2) is 11.8. The average Bonchev–Trinajstić information content (AvgIpc) is 3.13. The smallest absolute Gasteiger partial charge is 0.266 e. The number of ether oxygens (including phenoxy) is 1. The highest BCUT2D eigenvalue weighted by Crippen LogP contribution is 2.32. The first-order valence-electron chi connectivity index (χ1n) is 11.6. The van der Waals surface area contributed by atoms with Gasteiger partial charge in [0, 0.05) is 6.54 Å². The van der Waals surface area contributed by atoms with E-state index in [1.807, 2.05) is 24.3 Å². The summed E-state index contributed by atoms with van der Waals surface area (Å²) in [6.45, 7) is 2.26. The first-order valence-corrected chi connectivity index (χ1v) is 12.8. The van der Waals surface area contributed by atoms with E-state index in [-0.39, 0.29) is 30.2 Å². The molecule has 2 aromatic carbocycles. The number of hydrogen-bond acceptors (Lipinski definition) is 6. The molecule has 1 atom stereocenters. The maximum Gasteiger partial charge on any atom is 0.266 e. The largest absolute Gasteiger partial charge is 0.497 e. The van der Waals surface area contributed by atoms with Gasteiger partial charge >= 0.3 is 0 Å². The number of thioether (sulfide) groups is 1. The van der Waals surface area contributed by atoms with Gasteiger partial charge in [0.1, 0.15) is 22.4 Å². The summed E-state index contributed by atoms with van der Waals surface area (Å²) in [5.74, 6) is -0.135. The Morgan fingerprint density at radius 2 is 1.83 bits per heavy atom. The number of piperidine rings is 1. The molecule has 2 aliphatic rings. The summed E-state index contributed by atoms with van der Waals surface area (Å²) >= 11 is 6.50. The van der Waals surface area contributed by atoms with Crippen LogP contribution in [0.25, 0.3) is 6.08 Å². The SMILES string of the molecule is COc1ccc(C(CNC(=O)CN2C(=O)/C(=C/c3ccc(F)cc3)SC2=S)N2CCCCC2)cc1. The van der Waals surface area contributed by atoms with E-state index < -0.39 is 0 Å². The molecule has 2 aromatic rings. The Bertz CT molecular complexity index is 1100. The van der Waals surface area contributed by atoms with Crippen molar-refractivity contribution in [3.05, 3.63) is 70.4 Å². The number of nitrogens with zero attached hydrogens (tertiary/aromatic N) is 2. The summed E-state index contributed by atoms with van der Waals surface area (Å²) in [6.07, 6.45) is 5.15. The lowest BCUT2D eigenvalue weighted by atomic mass is 10.0. The lowest BCUT2D eigenvalue weighted by Gasteiger charge is -2.35. The fourth-order valence-electron chi connectivity index (χ4n) is 4.27. The predicted molar refractivity (Wildman–Crippen MR) is 140 cm³/mol. The number of rotatable bonds is 8. The summed E-state index contributed by atoms with van der Waals surface area (Å²) in [4.78, 5) is 29.8. The van der Waals surface area contributed by atoms with Crippen molar-refractivity contribution in [3.63, 3.8) is 0 Å². The Kier molecular flexibility index (Phi) is 8.54. The second-order valence-corrected chi connectivity index (χ2v) is 10.2. The van der Waals surface area contributed by atoms with E-state index in [9.17, 15) is 14.0 Å². The molecule has 1 unspecified atom stereocenters. The highest BCUT2D eigenvalue weighted by Gasteiger charge is 2.33. The molecular formula is C26H28FN3O3S2. The van der Waals surface area contributed by atoms with Gasteiger partial charge in [-0.3, -0.25) is 19.4 Å². The van der Waals surface area contributed by atoms with Gasteiger partial charge in [-0.1, -0.05) is 54.7 Å². The standard InChI is InChI=1S/C26H28FN3O3S2/c1-33-21-11-7-19(8-12-21)22(29-13-3-2-4-14-29)16-28-24(31)17-30-25(32)23(35-26(30)34)15-18-5-9-20(27)10-6-18/h5-12,15,22H,2-4,13-14,16-17H2,1H3,(H,28,31)/b23-15-. The van der Waals surface area contributed by atoms with Crippen LogP contribution in [0.1, 0.15) is 36.4 Å². The predicted octanol–water partition coefficient (Wildman–Crippen LogP) is 4.38. The highest BCUT2D eigenvalue weighted by molar-refractivity contribution is 8.26. The number of halogens is 1. The van der Waals surface area contributed by atoms with Crippen LogP contribution in [0, 0.1) is 5.82 Å². The third-order valence-corrected chi connectivity index (χ3v) is 7.55. The number of amides is 2. The second-order valence-electron chi connectivity index (χ2n) is 8.51. The van der Waals surface area contributed by atoms with Crippen LogP contribution in [0.4, 0.5) is 4.39 Å². The molecule has 184 valence electrons. The summed E-state index contributed by atoms with van der Waals surface area (Å²) in [6, 6.07) is 13.8. The summed E-state index contributed by atoms with van der Waals surface area (Å²) < 4.78 is 18.8. The molecule has 35 heavy (non-hydrogen) atoms. The monoisotopic (exact) mass is 513 g/mol. The molecule has 9 heteroatoms. The van der Waals surface area contributed by atoms with Crippen LogP contribution in [0.3, 0.4) is 0 Å². The lowest BCUT2D eigenvalue weighted by molar-refractivity contribution is -0.128. The first kappa shape index (κ1) is 25.3. The number of thiocarbonyl (C=S) groups is 1. The van der Waals surface area contributed by atoms with Crippen molar-refractivity contribution in [2.24, 2.45) is 0 Å². The van der Waals surface area contributed by atoms with Crippen LogP contribution in [0.15, 0.2) is 53.4 Å². The summed E-state index contributed by atoms with van der Waals surface area (Å²) in [5.41, 5.74) is 1.81. The molecule has 0 saturated carbocycles. The Morgan fingerprint density at radius 3 is 2.49 bits per heavy atom. The van der Waals surface area contributed by atoms with Crippen LogP contribution in [0.2, 0.25) is 0 Å². The number of likely N-dealkylation sites (tertiary alicyclic amines) is 1. The fourth-order valence-corrected chi connectivity index (χ4v) is 5.53. The van der Waals surface area contributed by atoms with Crippen molar-refractivity contribution in [3.8, 4) is 5.75 Å². The molecule has 2 amide bonds. The normalized spacial score (nSPS) is 18.7. The quantitative estimate of drug-likeness (QED) is 0.418. The Hall–Kier alpha value is -2.75. The number of nitrogens with one attached hydrogen (secondary N) is 1. The first-order chi connectivity index (χ1) is 16.9. The number of carbonyl (C=O) groups is 2. The number of carbonyl (C=O) groups excluding carboxylic acids is 2. The van der Waals surface area contributed by atoms with Crippen molar-refractivity contribution in [2.75, 3.05) is 33.3 Å². The molecule has 0 spiro atoms. The van der Waals surface area contributed by atoms with E-state index in [0.29, 0.717) is 21.3 Å². The molecule has 1 N–H and O–H groups in total. The molecule has 0 bridgehead atoms. The van der Waals surface area contributed by atoms with E-state index in [4.69, 9.17) is 17.0 Å². The minimum absolute atomic E-state index is 0.0368. The minimum Gasteiger partial charge on any atom is -0.497 e. The van der Waals surface area contributed by atoms with E-state index in [2.05, 4.69) is 10.2 Å². The molecule has 0 aliphatic carbocycles. The molecular weight excluding hydrogens is 485 g/mol. The van der Waals surface area contributed by atoms with Gasteiger partial charge in [-0.05, 0) is 67.4 Å². The molecule has 2 saturated heterocycles. The van der Waals surface area contributed by atoms with Gasteiger partial charge in [-0.2, -0.15) is 0 Å². The maximum absolute atomic E-state index is 13.2. The Morgan fingerprint density at radius 1 is 1.14 bits per heavy atom. The van der Waals surface area contributed by atoms with E-state index in [0.717, 1.165) is 49.0 Å². The van der Waals surface area contributed by atoms with Gasteiger partial charge in [0.2, 0.25) is 5.91 Å². The maximum atomic E-state index is 13.2. The van der Waals surface area contributed by atoms with Crippen molar-refractivity contribution in [2.45, 2.75) is 25.3 Å². The lowest BCUT2D eigenvalue weighted by Crippen LogP contribution is -2.44. The van der Waals surface area contributed by atoms with Crippen molar-refractivity contribution < 1.29 is 18.7 Å². The van der Waals surface area contributed by atoms with Crippen molar-refractivity contribution >= 4 is 46.2 Å². The highest BCUT2D eigenvalue weighted by atomic mass is 32.2.